The fraction of sp³-hybridized carbons (Fsp3) is 0.207. The smallest absolute Gasteiger partial charge is 0.328 e. The summed E-state index contributed by atoms with van der Waals surface area (Å²) in [6.07, 6.45) is 0.476. The highest BCUT2D eigenvalue weighted by Gasteiger charge is 2.21. The number of amides is 3. The quantitative estimate of drug-likeness (QED) is 0.256. The number of fused-ring (bicyclic) bond motifs is 1. The SMILES string of the molecule is COc1ccc(CCNC(=O)C(=O)Nn2c(C(=O)Nc3cccc(C)c3C)cc3cc(Br)ccc32)cc1OC. The van der Waals surface area contributed by atoms with Gasteiger partial charge in [-0.2, -0.15) is 0 Å². The Morgan fingerprint density at radius 1 is 0.897 bits per heavy atom. The van der Waals surface area contributed by atoms with E-state index in [1.807, 2.05) is 50.2 Å². The van der Waals surface area contributed by atoms with Gasteiger partial charge in [-0.05, 0) is 79.4 Å². The minimum absolute atomic E-state index is 0.176. The number of hydrogen-bond acceptors (Lipinski definition) is 5. The number of anilines is 1. The molecule has 0 radical (unpaired) electrons. The summed E-state index contributed by atoms with van der Waals surface area (Å²) in [5, 5.41) is 6.25. The van der Waals surface area contributed by atoms with Gasteiger partial charge in [0.1, 0.15) is 5.69 Å². The number of aromatic nitrogens is 1. The van der Waals surface area contributed by atoms with Crippen LogP contribution in [0.4, 0.5) is 5.69 Å². The first kappa shape index (κ1) is 27.7. The van der Waals surface area contributed by atoms with Crippen molar-refractivity contribution in [1.82, 2.24) is 9.99 Å². The Kier molecular flexibility index (Phi) is 8.55. The Labute approximate surface area is 234 Å². The lowest BCUT2D eigenvalue weighted by molar-refractivity contribution is -0.136. The minimum Gasteiger partial charge on any atom is -0.493 e. The van der Waals surface area contributed by atoms with E-state index in [0.717, 1.165) is 21.2 Å². The van der Waals surface area contributed by atoms with Crippen molar-refractivity contribution in [2.24, 2.45) is 0 Å². The Hall–Kier alpha value is -4.31. The Balaban J connectivity index is 1.49. The number of carbonyl (C=O) groups is 3. The Morgan fingerprint density at radius 3 is 2.41 bits per heavy atom. The van der Waals surface area contributed by atoms with Gasteiger partial charge in [0.2, 0.25) is 0 Å². The van der Waals surface area contributed by atoms with E-state index >= 15 is 0 Å². The van der Waals surface area contributed by atoms with Gasteiger partial charge in [-0.15, -0.1) is 0 Å². The second-order valence-electron chi connectivity index (χ2n) is 8.91. The van der Waals surface area contributed by atoms with Gasteiger partial charge in [0, 0.05) is 22.1 Å². The van der Waals surface area contributed by atoms with Gasteiger partial charge in [-0.25, -0.2) is 4.68 Å². The van der Waals surface area contributed by atoms with Crippen molar-refractivity contribution in [3.05, 3.63) is 87.5 Å². The number of benzene rings is 3. The maximum absolute atomic E-state index is 13.3. The summed E-state index contributed by atoms with van der Waals surface area (Å²) in [4.78, 5) is 38.8. The van der Waals surface area contributed by atoms with Crippen molar-refractivity contribution in [2.75, 3.05) is 31.5 Å². The largest absolute Gasteiger partial charge is 0.493 e. The van der Waals surface area contributed by atoms with Gasteiger partial charge < -0.3 is 20.1 Å². The molecule has 0 aliphatic heterocycles. The van der Waals surface area contributed by atoms with Crippen molar-refractivity contribution >= 4 is 50.2 Å². The molecule has 3 N–H and O–H groups in total. The fourth-order valence-corrected chi connectivity index (χ4v) is 4.51. The highest BCUT2D eigenvalue weighted by atomic mass is 79.9. The van der Waals surface area contributed by atoms with Crippen LogP contribution in [0.2, 0.25) is 0 Å². The lowest BCUT2D eigenvalue weighted by Crippen LogP contribution is -2.40. The molecule has 0 saturated carbocycles. The van der Waals surface area contributed by atoms with Crippen LogP contribution in [0.1, 0.15) is 27.2 Å². The van der Waals surface area contributed by atoms with Crippen molar-refractivity contribution in [2.45, 2.75) is 20.3 Å². The number of nitrogens with one attached hydrogen (secondary N) is 3. The summed E-state index contributed by atoms with van der Waals surface area (Å²) in [5.74, 6) is -0.964. The first-order valence-electron chi connectivity index (χ1n) is 12.2. The van der Waals surface area contributed by atoms with Gasteiger partial charge in [-0.3, -0.25) is 19.8 Å². The second-order valence-corrected chi connectivity index (χ2v) is 9.82. The maximum atomic E-state index is 13.3. The third-order valence-electron chi connectivity index (χ3n) is 6.42. The lowest BCUT2D eigenvalue weighted by Gasteiger charge is -2.14. The number of aryl methyl sites for hydroxylation is 1. The predicted octanol–water partition coefficient (Wildman–Crippen LogP) is 4.72. The van der Waals surface area contributed by atoms with E-state index in [-0.39, 0.29) is 12.2 Å². The zero-order valence-electron chi connectivity index (χ0n) is 22.1. The molecule has 0 aliphatic rings. The van der Waals surface area contributed by atoms with E-state index in [2.05, 4.69) is 32.0 Å². The molecule has 3 amide bonds. The molecular weight excluding hydrogens is 564 g/mol. The molecule has 9 nitrogen and oxygen atoms in total. The monoisotopic (exact) mass is 592 g/mol. The predicted molar refractivity (Wildman–Crippen MR) is 154 cm³/mol. The van der Waals surface area contributed by atoms with Crippen LogP contribution in [0.5, 0.6) is 11.5 Å². The normalized spacial score (nSPS) is 10.7. The summed E-state index contributed by atoms with van der Waals surface area (Å²) < 4.78 is 12.7. The van der Waals surface area contributed by atoms with E-state index in [9.17, 15) is 14.4 Å². The number of hydrogen-bond donors (Lipinski definition) is 3. The topological polar surface area (TPSA) is 111 Å². The molecule has 1 heterocycles. The second kappa shape index (κ2) is 12.0. The molecule has 202 valence electrons. The number of ether oxygens (including phenoxy) is 2. The average molecular weight is 593 g/mol. The summed E-state index contributed by atoms with van der Waals surface area (Å²) in [5.41, 5.74) is 6.87. The van der Waals surface area contributed by atoms with E-state index in [1.54, 1.807) is 38.5 Å². The van der Waals surface area contributed by atoms with Crippen LogP contribution < -0.4 is 25.5 Å². The van der Waals surface area contributed by atoms with Gasteiger partial charge in [0.15, 0.2) is 11.5 Å². The average Bonchev–Trinajstić information content (AvgIpc) is 3.28. The van der Waals surface area contributed by atoms with Crippen LogP contribution in [-0.4, -0.2) is 43.2 Å². The molecule has 4 rings (SSSR count). The Bertz CT molecular complexity index is 1560. The minimum atomic E-state index is -0.900. The molecule has 0 bridgehead atoms. The molecule has 39 heavy (non-hydrogen) atoms. The van der Waals surface area contributed by atoms with Crippen LogP contribution in [-0.2, 0) is 16.0 Å². The number of rotatable bonds is 8. The summed E-state index contributed by atoms with van der Waals surface area (Å²) in [6, 6.07) is 18.1. The van der Waals surface area contributed by atoms with Crippen LogP contribution in [0.15, 0.2) is 65.1 Å². The van der Waals surface area contributed by atoms with Crippen LogP contribution in [0, 0.1) is 13.8 Å². The molecule has 3 aromatic carbocycles. The third kappa shape index (κ3) is 6.23. The molecule has 0 aliphatic carbocycles. The van der Waals surface area contributed by atoms with Crippen molar-refractivity contribution < 1.29 is 23.9 Å². The van der Waals surface area contributed by atoms with Gasteiger partial charge in [0.25, 0.3) is 5.91 Å². The zero-order valence-corrected chi connectivity index (χ0v) is 23.6. The standard InChI is InChI=1S/C29H29BrN4O5/c1-17-6-5-7-22(18(17)2)32-27(35)24-16-20-15-21(30)9-10-23(20)34(24)33-29(37)28(36)31-13-12-19-8-11-25(38-3)26(14-19)39-4/h5-11,14-16H,12-13H2,1-4H3,(H,31,36)(H,32,35)(H,33,37). The van der Waals surface area contributed by atoms with Gasteiger partial charge >= 0.3 is 11.8 Å². The lowest BCUT2D eigenvalue weighted by atomic mass is 10.1. The first-order chi connectivity index (χ1) is 18.7. The van der Waals surface area contributed by atoms with E-state index in [0.29, 0.717) is 34.5 Å². The van der Waals surface area contributed by atoms with E-state index in [4.69, 9.17) is 9.47 Å². The summed E-state index contributed by atoms with van der Waals surface area (Å²) in [6.45, 7) is 4.11. The van der Waals surface area contributed by atoms with E-state index in [1.165, 1.54) is 4.68 Å². The molecule has 0 spiro atoms. The van der Waals surface area contributed by atoms with E-state index < -0.39 is 17.7 Å². The highest BCUT2D eigenvalue weighted by molar-refractivity contribution is 9.10. The molecule has 4 aromatic rings. The molecule has 0 fully saturated rings. The third-order valence-corrected chi connectivity index (χ3v) is 6.91. The van der Waals surface area contributed by atoms with Gasteiger partial charge in [-0.1, -0.05) is 34.1 Å². The molecular formula is C29H29BrN4O5. The highest BCUT2D eigenvalue weighted by Crippen LogP contribution is 2.28. The maximum Gasteiger partial charge on any atom is 0.328 e. The van der Waals surface area contributed by atoms with Crippen molar-refractivity contribution in [3.8, 4) is 11.5 Å². The van der Waals surface area contributed by atoms with Crippen molar-refractivity contribution in [1.29, 1.82) is 0 Å². The number of halogens is 1. The summed E-state index contributed by atoms with van der Waals surface area (Å²) in [7, 11) is 3.11. The van der Waals surface area contributed by atoms with Crippen molar-refractivity contribution in [3.63, 3.8) is 0 Å². The first-order valence-corrected chi connectivity index (χ1v) is 13.0. The summed E-state index contributed by atoms with van der Waals surface area (Å²) >= 11 is 3.44. The molecule has 0 saturated heterocycles. The molecule has 1 aromatic heterocycles. The van der Waals surface area contributed by atoms with Crippen LogP contribution in [0.25, 0.3) is 10.9 Å². The molecule has 10 heteroatoms. The number of methoxy groups -OCH3 is 2. The number of carbonyl (C=O) groups excluding carboxylic acids is 3. The van der Waals surface area contributed by atoms with Gasteiger partial charge in [0.05, 0.1) is 19.7 Å². The Morgan fingerprint density at radius 2 is 1.67 bits per heavy atom. The zero-order chi connectivity index (χ0) is 28.1. The van der Waals surface area contributed by atoms with Crippen LogP contribution >= 0.6 is 15.9 Å². The fourth-order valence-electron chi connectivity index (χ4n) is 4.14. The van der Waals surface area contributed by atoms with Crippen LogP contribution in [0.3, 0.4) is 0 Å². The molecule has 0 unspecified atom stereocenters. The molecule has 0 atom stereocenters. The number of nitrogens with zero attached hydrogens (tertiary/aromatic N) is 1.